The lowest BCUT2D eigenvalue weighted by atomic mass is 10.2. The number of ether oxygens (including phenoxy) is 1. The monoisotopic (exact) mass is 192 g/mol. The Morgan fingerprint density at radius 3 is 3.14 bits per heavy atom. The molecule has 0 unspecified atom stereocenters. The Balaban J connectivity index is 2.44. The molecule has 0 saturated heterocycles. The van der Waals surface area contributed by atoms with Crippen molar-refractivity contribution in [3.63, 3.8) is 0 Å². The van der Waals surface area contributed by atoms with E-state index in [4.69, 9.17) is 10.5 Å². The fourth-order valence-electron chi connectivity index (χ4n) is 1.12. The van der Waals surface area contributed by atoms with Gasteiger partial charge in [0.25, 0.3) is 0 Å². The minimum Gasteiger partial charge on any atom is -0.493 e. The van der Waals surface area contributed by atoms with Gasteiger partial charge in [0.05, 0.1) is 6.61 Å². The molecule has 2 N–H and O–H groups in total. The molecule has 1 aromatic heterocycles. The maximum Gasteiger partial charge on any atom is 0.126 e. The number of nitrogens with two attached hydrogens (primary N) is 1. The van der Waals surface area contributed by atoms with Gasteiger partial charge >= 0.3 is 0 Å². The molecule has 0 aromatic carbocycles. The van der Waals surface area contributed by atoms with Gasteiger partial charge < -0.3 is 10.5 Å². The van der Waals surface area contributed by atoms with E-state index in [-0.39, 0.29) is 0 Å². The smallest absolute Gasteiger partial charge is 0.126 e. The van der Waals surface area contributed by atoms with E-state index in [1.54, 1.807) is 12.4 Å². The summed E-state index contributed by atoms with van der Waals surface area (Å²) in [6, 6.07) is 1.84. The van der Waals surface area contributed by atoms with Gasteiger partial charge in [-0.05, 0) is 18.9 Å². The Labute approximate surface area is 84.6 Å². The van der Waals surface area contributed by atoms with Crippen LogP contribution in [0, 0.1) is 0 Å². The lowest BCUT2D eigenvalue weighted by molar-refractivity contribution is 0.308. The van der Waals surface area contributed by atoms with Gasteiger partial charge in [-0.2, -0.15) is 0 Å². The fraction of sp³-hybridized carbons (Fsp3) is 0.364. The Kier molecular flexibility index (Phi) is 4.72. The van der Waals surface area contributed by atoms with Crippen LogP contribution in [0.25, 0.3) is 0 Å². The molecule has 0 spiro atoms. The molecule has 14 heavy (non-hydrogen) atoms. The van der Waals surface area contributed by atoms with Gasteiger partial charge in [0.15, 0.2) is 0 Å². The summed E-state index contributed by atoms with van der Waals surface area (Å²) in [5.74, 6) is 0.839. The Bertz CT molecular complexity index is 286. The van der Waals surface area contributed by atoms with Crippen LogP contribution in [0.2, 0.25) is 0 Å². The molecule has 1 rings (SSSR count). The minimum absolute atomic E-state index is 0.463. The predicted molar refractivity (Wildman–Crippen MR) is 57.1 cm³/mol. The zero-order valence-electron chi connectivity index (χ0n) is 8.28. The maximum atomic E-state index is 5.56. The lowest BCUT2D eigenvalue weighted by Crippen LogP contribution is -2.03. The molecule has 0 aliphatic heterocycles. The average molecular weight is 192 g/mol. The fourth-order valence-corrected chi connectivity index (χ4v) is 1.12. The molecular formula is C11H16N2O. The summed E-state index contributed by atoms with van der Waals surface area (Å²) < 4.78 is 5.56. The van der Waals surface area contributed by atoms with Crippen molar-refractivity contribution in [2.75, 3.05) is 6.61 Å². The largest absolute Gasteiger partial charge is 0.493 e. The van der Waals surface area contributed by atoms with Crippen molar-refractivity contribution in [1.29, 1.82) is 0 Å². The number of allylic oxidation sites excluding steroid dienone is 1. The standard InChI is InChI=1S/C11H16N2O/c1-2-3-4-7-14-11-5-6-13-9-10(11)8-12/h2,5-6,9H,1,3-4,7-8,12H2. The summed E-state index contributed by atoms with van der Waals surface area (Å²) in [7, 11) is 0. The van der Waals surface area contributed by atoms with E-state index >= 15 is 0 Å². The first kappa shape index (κ1) is 10.7. The first-order valence-corrected chi connectivity index (χ1v) is 4.75. The van der Waals surface area contributed by atoms with Crippen LogP contribution in [0.5, 0.6) is 5.75 Å². The molecule has 1 aromatic rings. The van der Waals surface area contributed by atoms with Crippen LogP contribution in [0.3, 0.4) is 0 Å². The second-order valence-corrected chi connectivity index (χ2v) is 2.97. The zero-order chi connectivity index (χ0) is 10.2. The van der Waals surface area contributed by atoms with Crippen molar-refractivity contribution in [1.82, 2.24) is 4.98 Å². The molecule has 0 amide bonds. The van der Waals surface area contributed by atoms with Crippen LogP contribution >= 0.6 is 0 Å². The molecule has 0 saturated carbocycles. The average Bonchev–Trinajstić information content (AvgIpc) is 2.25. The molecule has 0 aliphatic carbocycles. The summed E-state index contributed by atoms with van der Waals surface area (Å²) >= 11 is 0. The van der Waals surface area contributed by atoms with Gasteiger partial charge in [-0.1, -0.05) is 6.08 Å². The third kappa shape index (κ3) is 3.18. The number of aromatic nitrogens is 1. The number of unbranched alkanes of at least 4 members (excludes halogenated alkanes) is 1. The van der Waals surface area contributed by atoms with Crippen molar-refractivity contribution in [2.45, 2.75) is 19.4 Å². The molecular weight excluding hydrogens is 176 g/mol. The van der Waals surface area contributed by atoms with Crippen LogP contribution in [-0.4, -0.2) is 11.6 Å². The highest BCUT2D eigenvalue weighted by Crippen LogP contribution is 2.15. The van der Waals surface area contributed by atoms with Gasteiger partial charge in [-0.3, -0.25) is 4.98 Å². The van der Waals surface area contributed by atoms with Crippen molar-refractivity contribution >= 4 is 0 Å². The third-order valence-corrected chi connectivity index (χ3v) is 1.89. The Morgan fingerprint density at radius 2 is 2.43 bits per heavy atom. The zero-order valence-corrected chi connectivity index (χ0v) is 8.28. The van der Waals surface area contributed by atoms with E-state index < -0.39 is 0 Å². The van der Waals surface area contributed by atoms with Crippen molar-refractivity contribution in [2.24, 2.45) is 5.73 Å². The molecule has 0 atom stereocenters. The SMILES string of the molecule is C=CCCCOc1ccncc1CN. The van der Waals surface area contributed by atoms with Crippen LogP contribution in [0.4, 0.5) is 0 Å². The van der Waals surface area contributed by atoms with E-state index in [0.29, 0.717) is 13.2 Å². The molecule has 0 fully saturated rings. The highest BCUT2D eigenvalue weighted by molar-refractivity contribution is 5.29. The second-order valence-electron chi connectivity index (χ2n) is 2.97. The summed E-state index contributed by atoms with van der Waals surface area (Å²) in [5.41, 5.74) is 6.49. The van der Waals surface area contributed by atoms with Crippen molar-refractivity contribution in [3.05, 3.63) is 36.7 Å². The molecule has 0 aliphatic rings. The maximum absolute atomic E-state index is 5.56. The number of rotatable bonds is 6. The quantitative estimate of drug-likeness (QED) is 0.553. The van der Waals surface area contributed by atoms with E-state index in [0.717, 1.165) is 24.2 Å². The van der Waals surface area contributed by atoms with Gasteiger partial charge in [0, 0.05) is 24.5 Å². The molecule has 0 radical (unpaired) electrons. The van der Waals surface area contributed by atoms with E-state index in [1.165, 1.54) is 0 Å². The summed E-state index contributed by atoms with van der Waals surface area (Å²) in [6.45, 7) is 4.81. The highest BCUT2D eigenvalue weighted by Gasteiger charge is 2.00. The molecule has 0 bridgehead atoms. The molecule has 3 nitrogen and oxygen atoms in total. The lowest BCUT2D eigenvalue weighted by Gasteiger charge is -2.08. The van der Waals surface area contributed by atoms with E-state index in [2.05, 4.69) is 11.6 Å². The van der Waals surface area contributed by atoms with Gasteiger partial charge in [-0.25, -0.2) is 0 Å². The first-order chi connectivity index (χ1) is 6.88. The highest BCUT2D eigenvalue weighted by atomic mass is 16.5. The van der Waals surface area contributed by atoms with Crippen LogP contribution in [0.1, 0.15) is 18.4 Å². The van der Waals surface area contributed by atoms with Crippen molar-refractivity contribution < 1.29 is 4.74 Å². The van der Waals surface area contributed by atoms with Crippen LogP contribution in [-0.2, 0) is 6.54 Å². The van der Waals surface area contributed by atoms with Gasteiger partial charge in [0.1, 0.15) is 5.75 Å². The minimum atomic E-state index is 0.463. The van der Waals surface area contributed by atoms with Gasteiger partial charge in [-0.15, -0.1) is 6.58 Å². The van der Waals surface area contributed by atoms with Gasteiger partial charge in [0.2, 0.25) is 0 Å². The Morgan fingerprint density at radius 1 is 1.57 bits per heavy atom. The summed E-state index contributed by atoms with van der Waals surface area (Å²) in [5, 5.41) is 0. The Hall–Kier alpha value is -1.35. The number of hydrogen-bond acceptors (Lipinski definition) is 3. The number of hydrogen-bond donors (Lipinski definition) is 1. The topological polar surface area (TPSA) is 48.1 Å². The van der Waals surface area contributed by atoms with Crippen molar-refractivity contribution in [3.8, 4) is 5.75 Å². The number of pyridine rings is 1. The molecule has 3 heteroatoms. The normalized spacial score (nSPS) is 9.79. The third-order valence-electron chi connectivity index (χ3n) is 1.89. The predicted octanol–water partition coefficient (Wildman–Crippen LogP) is 1.89. The molecule has 76 valence electrons. The van der Waals surface area contributed by atoms with Crippen LogP contribution < -0.4 is 10.5 Å². The summed E-state index contributed by atoms with van der Waals surface area (Å²) in [6.07, 6.45) is 7.30. The van der Waals surface area contributed by atoms with Crippen LogP contribution in [0.15, 0.2) is 31.1 Å². The second kappa shape index (κ2) is 6.16. The van der Waals surface area contributed by atoms with E-state index in [9.17, 15) is 0 Å². The first-order valence-electron chi connectivity index (χ1n) is 4.75. The van der Waals surface area contributed by atoms with E-state index in [1.807, 2.05) is 12.1 Å². The number of nitrogens with zero attached hydrogens (tertiary/aromatic N) is 1. The molecule has 1 heterocycles. The summed E-state index contributed by atoms with van der Waals surface area (Å²) in [4.78, 5) is 3.98.